The van der Waals surface area contributed by atoms with Gasteiger partial charge in [0.15, 0.2) is 23.3 Å². The molecule has 192 valence electrons. The molecule has 0 saturated heterocycles. The highest BCUT2D eigenvalue weighted by atomic mass is 16.6. The van der Waals surface area contributed by atoms with E-state index in [0.29, 0.717) is 12.4 Å². The first-order valence-electron chi connectivity index (χ1n) is 11.4. The third kappa shape index (κ3) is 8.11. The number of benzene rings is 1. The van der Waals surface area contributed by atoms with Gasteiger partial charge in [-0.2, -0.15) is 0 Å². The number of esters is 1. The van der Waals surface area contributed by atoms with Gasteiger partial charge in [-0.15, -0.1) is 0 Å². The molecule has 0 aliphatic rings. The summed E-state index contributed by atoms with van der Waals surface area (Å²) in [6.07, 6.45) is 0.171. The van der Waals surface area contributed by atoms with Crippen LogP contribution >= 0.6 is 0 Å². The number of nitrogens with zero attached hydrogens (tertiary/aromatic N) is 1. The van der Waals surface area contributed by atoms with E-state index in [2.05, 4.69) is 10.3 Å². The molecular weight excluding hydrogens is 456 g/mol. The second kappa shape index (κ2) is 14.1. The molecule has 2 aromatic rings. The third-order valence-corrected chi connectivity index (χ3v) is 5.04. The molecule has 35 heavy (non-hydrogen) atoms. The molecule has 10 nitrogen and oxygen atoms in total. The zero-order valence-corrected chi connectivity index (χ0v) is 20.7. The average molecular weight is 491 g/mol. The number of methoxy groups -OCH3 is 2. The molecule has 0 unspecified atom stereocenters. The number of pyridine rings is 1. The van der Waals surface area contributed by atoms with Gasteiger partial charge in [0.2, 0.25) is 0 Å². The van der Waals surface area contributed by atoms with Crippen molar-refractivity contribution in [3.05, 3.63) is 48.3 Å². The molecular formula is C25H34N2O8. The lowest BCUT2D eigenvalue weighted by Gasteiger charge is -2.32. The van der Waals surface area contributed by atoms with Crippen molar-refractivity contribution in [2.75, 3.05) is 27.4 Å². The zero-order chi connectivity index (χ0) is 25.8. The summed E-state index contributed by atoms with van der Waals surface area (Å²) in [7, 11) is 2.91. The van der Waals surface area contributed by atoms with Crippen molar-refractivity contribution in [3.63, 3.8) is 0 Å². The highest BCUT2D eigenvalue weighted by Gasteiger charge is 2.34. The van der Waals surface area contributed by atoms with Crippen LogP contribution in [-0.4, -0.2) is 73.8 Å². The number of hydrogen-bond acceptors (Lipinski definition) is 9. The minimum Gasteiger partial charge on any atom is -0.503 e. The standard InChI is InChI=1S/C25H34N2O8/c1-6-14-33-20(15-31-4)23(35-18-10-8-7-9-11-18)17(3)34-25(30)16(2)27-24(29)21-22(28)19(32-5)12-13-26-21/h7-13,16-17,20,23,28H,6,14-15H2,1-5H3,(H,27,29)/t16-,17+,20+,23+/m1/s1. The molecule has 0 radical (unpaired) electrons. The van der Waals surface area contributed by atoms with E-state index in [1.165, 1.54) is 26.3 Å². The summed E-state index contributed by atoms with van der Waals surface area (Å²) in [6.45, 7) is 5.85. The molecule has 0 aliphatic carbocycles. The number of carbonyl (C=O) groups excluding carboxylic acids is 2. The Morgan fingerprint density at radius 2 is 1.83 bits per heavy atom. The molecule has 0 saturated carbocycles. The number of ether oxygens (including phenoxy) is 5. The van der Waals surface area contributed by atoms with Crippen molar-refractivity contribution in [1.29, 1.82) is 0 Å². The van der Waals surface area contributed by atoms with Gasteiger partial charge >= 0.3 is 5.97 Å². The Balaban J connectivity index is 2.12. The molecule has 2 N–H and O–H groups in total. The Morgan fingerprint density at radius 1 is 1.11 bits per heavy atom. The first kappa shape index (κ1) is 27.9. The summed E-state index contributed by atoms with van der Waals surface area (Å²) in [5.41, 5.74) is -0.268. The van der Waals surface area contributed by atoms with E-state index in [9.17, 15) is 14.7 Å². The maximum Gasteiger partial charge on any atom is 0.328 e. The first-order chi connectivity index (χ1) is 16.8. The van der Waals surface area contributed by atoms with Gasteiger partial charge in [-0.25, -0.2) is 9.78 Å². The van der Waals surface area contributed by atoms with Gasteiger partial charge in [0.25, 0.3) is 5.91 Å². The summed E-state index contributed by atoms with van der Waals surface area (Å²) < 4.78 is 28.0. The monoisotopic (exact) mass is 490 g/mol. The van der Waals surface area contributed by atoms with Crippen molar-refractivity contribution in [2.45, 2.75) is 51.5 Å². The van der Waals surface area contributed by atoms with Gasteiger partial charge in [0.1, 0.15) is 24.0 Å². The van der Waals surface area contributed by atoms with Gasteiger partial charge in [-0.3, -0.25) is 4.79 Å². The highest BCUT2D eigenvalue weighted by Crippen LogP contribution is 2.27. The number of aromatic nitrogens is 1. The minimum absolute atomic E-state index is 0.0890. The van der Waals surface area contributed by atoms with Crippen LogP contribution in [0.3, 0.4) is 0 Å². The Morgan fingerprint density at radius 3 is 2.46 bits per heavy atom. The molecule has 0 aliphatic heterocycles. The van der Waals surface area contributed by atoms with Crippen molar-refractivity contribution >= 4 is 11.9 Å². The minimum atomic E-state index is -1.04. The fourth-order valence-corrected chi connectivity index (χ4v) is 3.24. The molecule has 0 fully saturated rings. The summed E-state index contributed by atoms with van der Waals surface area (Å²) in [5.74, 6) is -1.19. The Bertz CT molecular complexity index is 940. The summed E-state index contributed by atoms with van der Waals surface area (Å²) in [5, 5.41) is 12.6. The summed E-state index contributed by atoms with van der Waals surface area (Å²) in [6, 6.07) is 9.50. The maximum atomic E-state index is 12.8. The number of nitrogens with one attached hydrogen (secondary N) is 1. The summed E-state index contributed by atoms with van der Waals surface area (Å²) in [4.78, 5) is 29.2. The third-order valence-electron chi connectivity index (χ3n) is 5.04. The molecule has 10 heteroatoms. The first-order valence-corrected chi connectivity index (χ1v) is 11.4. The number of rotatable bonds is 14. The van der Waals surface area contributed by atoms with Gasteiger partial charge in [0, 0.05) is 26.0 Å². The van der Waals surface area contributed by atoms with Crippen molar-refractivity contribution < 1.29 is 38.4 Å². The van der Waals surface area contributed by atoms with Crippen LogP contribution in [0.1, 0.15) is 37.7 Å². The van der Waals surface area contributed by atoms with E-state index in [4.69, 9.17) is 23.7 Å². The zero-order valence-electron chi connectivity index (χ0n) is 20.7. The van der Waals surface area contributed by atoms with Crippen LogP contribution in [0.5, 0.6) is 17.2 Å². The fraction of sp³-hybridized carbons (Fsp3) is 0.480. The second-order valence-electron chi connectivity index (χ2n) is 7.81. The van der Waals surface area contributed by atoms with Crippen molar-refractivity contribution in [2.24, 2.45) is 0 Å². The van der Waals surface area contributed by atoms with E-state index in [1.54, 1.807) is 26.2 Å². The number of amides is 1. The second-order valence-corrected chi connectivity index (χ2v) is 7.81. The largest absolute Gasteiger partial charge is 0.503 e. The predicted octanol–water partition coefficient (Wildman–Crippen LogP) is 2.74. The van der Waals surface area contributed by atoms with E-state index in [1.807, 2.05) is 25.1 Å². The molecule has 1 aromatic heterocycles. The lowest BCUT2D eigenvalue weighted by Crippen LogP contribution is -2.49. The summed E-state index contributed by atoms with van der Waals surface area (Å²) >= 11 is 0. The topological polar surface area (TPSA) is 125 Å². The van der Waals surface area contributed by atoms with Crippen LogP contribution in [-0.2, 0) is 19.0 Å². The predicted molar refractivity (Wildman–Crippen MR) is 128 cm³/mol. The molecule has 1 aromatic carbocycles. The lowest BCUT2D eigenvalue weighted by molar-refractivity contribution is -0.162. The van der Waals surface area contributed by atoms with Crippen molar-refractivity contribution in [1.82, 2.24) is 10.3 Å². The van der Waals surface area contributed by atoms with E-state index >= 15 is 0 Å². The van der Waals surface area contributed by atoms with Crippen LogP contribution in [0.25, 0.3) is 0 Å². The normalized spacial score (nSPS) is 14.3. The van der Waals surface area contributed by atoms with Crippen molar-refractivity contribution in [3.8, 4) is 17.2 Å². The fourth-order valence-electron chi connectivity index (χ4n) is 3.24. The Kier molecular flexibility index (Phi) is 11.2. The number of para-hydroxylation sites is 1. The van der Waals surface area contributed by atoms with Crippen LogP contribution in [0, 0.1) is 0 Å². The molecule has 1 amide bonds. The van der Waals surface area contributed by atoms with Crippen LogP contribution in [0.15, 0.2) is 42.6 Å². The Labute approximate surface area is 205 Å². The van der Waals surface area contributed by atoms with Gasteiger partial charge in [-0.05, 0) is 32.4 Å². The van der Waals surface area contributed by atoms with Crippen LogP contribution in [0.2, 0.25) is 0 Å². The number of hydrogen-bond donors (Lipinski definition) is 2. The van der Waals surface area contributed by atoms with Crippen LogP contribution in [0.4, 0.5) is 0 Å². The molecule has 0 spiro atoms. The van der Waals surface area contributed by atoms with Gasteiger partial charge < -0.3 is 34.1 Å². The Hall–Kier alpha value is -3.37. The number of aromatic hydroxyl groups is 1. The molecule has 4 atom stereocenters. The number of carbonyl (C=O) groups is 2. The van der Waals surface area contributed by atoms with E-state index in [0.717, 1.165) is 6.42 Å². The molecule has 2 rings (SSSR count). The van der Waals surface area contributed by atoms with Gasteiger partial charge in [0.05, 0.1) is 13.7 Å². The van der Waals surface area contributed by atoms with E-state index in [-0.39, 0.29) is 18.1 Å². The average Bonchev–Trinajstić information content (AvgIpc) is 2.85. The quantitative estimate of drug-likeness (QED) is 0.385. The maximum absolute atomic E-state index is 12.8. The molecule has 0 bridgehead atoms. The lowest BCUT2D eigenvalue weighted by atomic mass is 10.1. The van der Waals surface area contributed by atoms with Crippen LogP contribution < -0.4 is 14.8 Å². The van der Waals surface area contributed by atoms with Gasteiger partial charge in [-0.1, -0.05) is 25.1 Å². The highest BCUT2D eigenvalue weighted by molar-refractivity contribution is 5.97. The molecule has 1 heterocycles. The SMILES string of the molecule is CCCO[C@@H](COC)[C@@H](Oc1ccccc1)[C@H](C)OC(=O)[C@@H](C)NC(=O)c1nccc(OC)c1O. The van der Waals surface area contributed by atoms with E-state index < -0.39 is 42.0 Å². The smallest absolute Gasteiger partial charge is 0.328 e.